The van der Waals surface area contributed by atoms with Crippen molar-refractivity contribution >= 4 is 29.3 Å². The van der Waals surface area contributed by atoms with Crippen LogP contribution in [0.15, 0.2) is 36.4 Å². The SMILES string of the molecule is CNC(=O)OCC1Cc2cccc(-c3c(Cl)cccc3Cl)c2O1. The van der Waals surface area contributed by atoms with Crippen molar-refractivity contribution < 1.29 is 14.3 Å². The lowest BCUT2D eigenvalue weighted by Crippen LogP contribution is -2.27. The van der Waals surface area contributed by atoms with Gasteiger partial charge in [0.1, 0.15) is 18.5 Å². The van der Waals surface area contributed by atoms with E-state index in [2.05, 4.69) is 5.32 Å². The first kappa shape index (κ1) is 16.0. The molecule has 0 aromatic heterocycles. The molecule has 0 radical (unpaired) electrons. The minimum atomic E-state index is -0.473. The topological polar surface area (TPSA) is 47.6 Å². The fourth-order valence-corrected chi connectivity index (χ4v) is 3.23. The second-order valence-electron chi connectivity index (χ2n) is 5.18. The molecule has 2 aromatic rings. The molecule has 0 saturated carbocycles. The Morgan fingerprint density at radius 1 is 1.26 bits per heavy atom. The number of para-hydroxylation sites is 1. The molecule has 0 fully saturated rings. The molecule has 1 atom stereocenters. The maximum absolute atomic E-state index is 11.2. The molecule has 2 aromatic carbocycles. The normalized spacial score (nSPS) is 15.7. The van der Waals surface area contributed by atoms with Crippen LogP contribution in [0.25, 0.3) is 11.1 Å². The van der Waals surface area contributed by atoms with E-state index in [1.807, 2.05) is 18.2 Å². The van der Waals surface area contributed by atoms with Crippen molar-refractivity contribution in [2.24, 2.45) is 0 Å². The van der Waals surface area contributed by atoms with Crippen LogP contribution in [0.5, 0.6) is 5.75 Å². The van der Waals surface area contributed by atoms with Gasteiger partial charge in [0.15, 0.2) is 0 Å². The van der Waals surface area contributed by atoms with Gasteiger partial charge in [-0.15, -0.1) is 0 Å². The maximum Gasteiger partial charge on any atom is 0.406 e. The Morgan fingerprint density at radius 3 is 2.65 bits per heavy atom. The van der Waals surface area contributed by atoms with E-state index >= 15 is 0 Å². The van der Waals surface area contributed by atoms with Crippen LogP contribution in [-0.4, -0.2) is 25.9 Å². The summed E-state index contributed by atoms with van der Waals surface area (Å²) in [4.78, 5) is 11.2. The molecular formula is C17H15Cl2NO3. The molecule has 6 heteroatoms. The summed E-state index contributed by atoms with van der Waals surface area (Å²) in [6, 6.07) is 11.3. The summed E-state index contributed by atoms with van der Waals surface area (Å²) in [7, 11) is 1.52. The van der Waals surface area contributed by atoms with E-state index in [0.717, 1.165) is 22.4 Å². The van der Waals surface area contributed by atoms with Crippen LogP contribution in [0.1, 0.15) is 5.56 Å². The number of alkyl carbamates (subject to hydrolysis) is 1. The van der Waals surface area contributed by atoms with Crippen molar-refractivity contribution in [1.82, 2.24) is 5.32 Å². The lowest BCUT2D eigenvalue weighted by Gasteiger charge is -2.14. The van der Waals surface area contributed by atoms with Crippen molar-refractivity contribution in [3.63, 3.8) is 0 Å². The molecule has 3 rings (SSSR count). The number of nitrogens with one attached hydrogen (secondary N) is 1. The predicted molar refractivity (Wildman–Crippen MR) is 90.4 cm³/mol. The van der Waals surface area contributed by atoms with Gasteiger partial charge in [0.2, 0.25) is 0 Å². The number of ether oxygens (including phenoxy) is 2. The van der Waals surface area contributed by atoms with Crippen molar-refractivity contribution in [3.05, 3.63) is 52.0 Å². The van der Waals surface area contributed by atoms with Gasteiger partial charge in [-0.3, -0.25) is 0 Å². The van der Waals surface area contributed by atoms with Crippen LogP contribution in [0.2, 0.25) is 10.0 Å². The number of fused-ring (bicyclic) bond motifs is 1. The molecule has 0 aliphatic carbocycles. The fourth-order valence-electron chi connectivity index (χ4n) is 2.62. The monoisotopic (exact) mass is 351 g/mol. The van der Waals surface area contributed by atoms with E-state index in [0.29, 0.717) is 16.5 Å². The quantitative estimate of drug-likeness (QED) is 0.895. The molecule has 1 aliphatic heterocycles. The van der Waals surface area contributed by atoms with Crippen LogP contribution >= 0.6 is 23.2 Å². The number of rotatable bonds is 3. The van der Waals surface area contributed by atoms with Crippen LogP contribution in [0.4, 0.5) is 4.79 Å². The molecule has 0 bridgehead atoms. The fraction of sp³-hybridized carbons (Fsp3) is 0.235. The molecule has 1 amide bonds. The summed E-state index contributed by atoms with van der Waals surface area (Å²) < 4.78 is 11.0. The minimum Gasteiger partial charge on any atom is -0.486 e. The number of hydrogen-bond donors (Lipinski definition) is 1. The van der Waals surface area contributed by atoms with Gasteiger partial charge in [-0.25, -0.2) is 4.79 Å². The van der Waals surface area contributed by atoms with Gasteiger partial charge in [-0.2, -0.15) is 0 Å². The highest BCUT2D eigenvalue weighted by atomic mass is 35.5. The Labute approximate surface area is 144 Å². The summed E-state index contributed by atoms with van der Waals surface area (Å²) in [6.45, 7) is 0.185. The second kappa shape index (κ2) is 6.69. The van der Waals surface area contributed by atoms with Crippen molar-refractivity contribution in [2.45, 2.75) is 12.5 Å². The third-order valence-corrected chi connectivity index (χ3v) is 4.30. The summed E-state index contributed by atoms with van der Waals surface area (Å²) >= 11 is 12.6. The number of halogens is 2. The highest BCUT2D eigenvalue weighted by molar-refractivity contribution is 6.39. The Morgan fingerprint density at radius 2 is 1.96 bits per heavy atom. The van der Waals surface area contributed by atoms with E-state index < -0.39 is 6.09 Å². The molecule has 1 unspecified atom stereocenters. The molecule has 0 spiro atoms. The number of hydrogen-bond acceptors (Lipinski definition) is 3. The Kier molecular flexibility index (Phi) is 4.64. The highest BCUT2D eigenvalue weighted by Crippen LogP contribution is 2.44. The molecule has 1 N–H and O–H groups in total. The maximum atomic E-state index is 11.2. The summed E-state index contributed by atoms with van der Waals surface area (Å²) in [5, 5.41) is 3.55. The summed E-state index contributed by atoms with van der Waals surface area (Å²) in [5.74, 6) is 0.744. The van der Waals surface area contributed by atoms with Gasteiger partial charge in [0, 0.05) is 24.6 Å². The summed E-state index contributed by atoms with van der Waals surface area (Å²) in [6.07, 6.45) is -0.0222. The first-order chi connectivity index (χ1) is 11.1. The van der Waals surface area contributed by atoms with Crippen LogP contribution in [0, 0.1) is 0 Å². The van der Waals surface area contributed by atoms with E-state index in [1.54, 1.807) is 18.2 Å². The first-order valence-corrected chi connectivity index (χ1v) is 7.93. The van der Waals surface area contributed by atoms with Crippen LogP contribution < -0.4 is 10.1 Å². The van der Waals surface area contributed by atoms with Gasteiger partial charge < -0.3 is 14.8 Å². The van der Waals surface area contributed by atoms with Gasteiger partial charge in [-0.05, 0) is 17.7 Å². The van der Waals surface area contributed by atoms with E-state index in [1.165, 1.54) is 7.05 Å². The smallest absolute Gasteiger partial charge is 0.406 e. The molecule has 120 valence electrons. The standard InChI is InChI=1S/C17H15Cl2NO3/c1-20-17(21)22-9-11-8-10-4-2-5-12(16(10)23-11)15-13(18)6-3-7-14(15)19/h2-7,11H,8-9H2,1H3,(H,20,21). The molecule has 4 nitrogen and oxygen atoms in total. The Hall–Kier alpha value is -1.91. The van der Waals surface area contributed by atoms with Crippen LogP contribution in [-0.2, 0) is 11.2 Å². The number of benzene rings is 2. The third kappa shape index (κ3) is 3.23. The van der Waals surface area contributed by atoms with Gasteiger partial charge in [0.05, 0.1) is 10.0 Å². The van der Waals surface area contributed by atoms with Gasteiger partial charge in [-0.1, -0.05) is 47.5 Å². The van der Waals surface area contributed by atoms with Gasteiger partial charge >= 0.3 is 6.09 Å². The van der Waals surface area contributed by atoms with E-state index in [9.17, 15) is 4.79 Å². The van der Waals surface area contributed by atoms with Gasteiger partial charge in [0.25, 0.3) is 0 Å². The average molecular weight is 352 g/mol. The third-order valence-electron chi connectivity index (χ3n) is 3.67. The Balaban J connectivity index is 1.89. The highest BCUT2D eigenvalue weighted by Gasteiger charge is 2.28. The number of amides is 1. The zero-order valence-corrected chi connectivity index (χ0v) is 13.9. The zero-order chi connectivity index (χ0) is 16.4. The Bertz CT molecular complexity index is 728. The minimum absolute atomic E-state index is 0.185. The number of carbonyl (C=O) groups is 1. The largest absolute Gasteiger partial charge is 0.486 e. The van der Waals surface area contributed by atoms with E-state index in [4.69, 9.17) is 32.7 Å². The zero-order valence-electron chi connectivity index (χ0n) is 12.4. The average Bonchev–Trinajstić information content (AvgIpc) is 2.96. The van der Waals surface area contributed by atoms with Crippen molar-refractivity contribution in [3.8, 4) is 16.9 Å². The molecule has 1 aliphatic rings. The molecule has 1 heterocycles. The van der Waals surface area contributed by atoms with Crippen LogP contribution in [0.3, 0.4) is 0 Å². The number of carbonyl (C=O) groups excluding carboxylic acids is 1. The molecular weight excluding hydrogens is 337 g/mol. The lowest BCUT2D eigenvalue weighted by atomic mass is 10.0. The first-order valence-electron chi connectivity index (χ1n) is 7.17. The molecule has 0 saturated heterocycles. The van der Waals surface area contributed by atoms with Crippen molar-refractivity contribution in [1.29, 1.82) is 0 Å². The van der Waals surface area contributed by atoms with E-state index in [-0.39, 0.29) is 12.7 Å². The van der Waals surface area contributed by atoms with Crippen molar-refractivity contribution in [2.75, 3.05) is 13.7 Å². The predicted octanol–water partition coefficient (Wildman–Crippen LogP) is 4.32. The molecule has 23 heavy (non-hydrogen) atoms. The lowest BCUT2D eigenvalue weighted by molar-refractivity contribution is 0.0941. The summed E-state index contributed by atoms with van der Waals surface area (Å²) in [5.41, 5.74) is 2.64. The second-order valence-corrected chi connectivity index (χ2v) is 6.00.